The third kappa shape index (κ3) is 2.64. The van der Waals surface area contributed by atoms with Gasteiger partial charge in [0.2, 0.25) is 0 Å². The summed E-state index contributed by atoms with van der Waals surface area (Å²) >= 11 is 7.53. The van der Waals surface area contributed by atoms with Gasteiger partial charge in [0.05, 0.1) is 11.4 Å². The first-order valence-electron chi connectivity index (χ1n) is 5.84. The van der Waals surface area contributed by atoms with Gasteiger partial charge in [-0.1, -0.05) is 29.8 Å². The van der Waals surface area contributed by atoms with Crippen LogP contribution in [0.25, 0.3) is 10.6 Å². The second-order valence-corrected chi connectivity index (χ2v) is 5.60. The van der Waals surface area contributed by atoms with Gasteiger partial charge >= 0.3 is 0 Å². The molecule has 0 atom stereocenters. The smallest absolute Gasteiger partial charge is 0.122 e. The van der Waals surface area contributed by atoms with Crippen LogP contribution in [0.15, 0.2) is 47.8 Å². The Morgan fingerprint density at radius 2 is 2.00 bits per heavy atom. The summed E-state index contributed by atoms with van der Waals surface area (Å²) in [7, 11) is 0. The lowest BCUT2D eigenvalue weighted by molar-refractivity contribution is 0.700. The molecule has 0 radical (unpaired) electrons. The van der Waals surface area contributed by atoms with Crippen LogP contribution in [-0.2, 0) is 6.54 Å². The lowest BCUT2D eigenvalue weighted by Crippen LogP contribution is -2.05. The molecule has 0 aliphatic heterocycles. The molecule has 0 spiro atoms. The molecule has 0 amide bonds. The van der Waals surface area contributed by atoms with Gasteiger partial charge in [0.1, 0.15) is 11.5 Å². The van der Waals surface area contributed by atoms with E-state index in [1.165, 1.54) is 0 Å². The number of nitrogen functional groups attached to an aromatic ring is 1. The van der Waals surface area contributed by atoms with Gasteiger partial charge < -0.3 is 5.73 Å². The SMILES string of the molecule is Nc1cc(-c2cccs2)nn1Cc1ccc(Cl)cc1. The Balaban J connectivity index is 1.87. The summed E-state index contributed by atoms with van der Waals surface area (Å²) in [5.41, 5.74) is 8.04. The molecule has 5 heteroatoms. The summed E-state index contributed by atoms with van der Waals surface area (Å²) in [4.78, 5) is 1.13. The van der Waals surface area contributed by atoms with E-state index in [0.717, 1.165) is 21.2 Å². The van der Waals surface area contributed by atoms with E-state index < -0.39 is 0 Å². The van der Waals surface area contributed by atoms with Crippen LogP contribution in [0.1, 0.15) is 5.56 Å². The van der Waals surface area contributed by atoms with Crippen molar-refractivity contribution in [2.24, 2.45) is 0 Å². The number of hydrogen-bond acceptors (Lipinski definition) is 3. The normalized spacial score (nSPS) is 10.8. The Bertz CT molecular complexity index is 671. The number of thiophene rings is 1. The van der Waals surface area contributed by atoms with Crippen LogP contribution in [0.3, 0.4) is 0 Å². The number of aromatic nitrogens is 2. The fraction of sp³-hybridized carbons (Fsp3) is 0.0714. The van der Waals surface area contributed by atoms with E-state index >= 15 is 0 Å². The van der Waals surface area contributed by atoms with Gasteiger partial charge in [-0.3, -0.25) is 0 Å². The van der Waals surface area contributed by atoms with Crippen molar-refractivity contribution in [2.45, 2.75) is 6.54 Å². The van der Waals surface area contributed by atoms with E-state index in [2.05, 4.69) is 5.10 Å². The van der Waals surface area contributed by atoms with Crippen LogP contribution in [0.5, 0.6) is 0 Å². The molecule has 0 aliphatic rings. The zero-order valence-corrected chi connectivity index (χ0v) is 11.7. The molecule has 0 bridgehead atoms. The van der Waals surface area contributed by atoms with Crippen molar-refractivity contribution in [3.63, 3.8) is 0 Å². The molecule has 2 N–H and O–H groups in total. The molecule has 0 aliphatic carbocycles. The summed E-state index contributed by atoms with van der Waals surface area (Å²) in [6.07, 6.45) is 0. The van der Waals surface area contributed by atoms with E-state index in [0.29, 0.717) is 12.4 Å². The zero-order chi connectivity index (χ0) is 13.2. The highest BCUT2D eigenvalue weighted by Crippen LogP contribution is 2.25. The summed E-state index contributed by atoms with van der Waals surface area (Å²) in [5.74, 6) is 0.665. The average Bonchev–Trinajstić information content (AvgIpc) is 3.03. The van der Waals surface area contributed by atoms with Crippen LogP contribution >= 0.6 is 22.9 Å². The fourth-order valence-corrected chi connectivity index (χ4v) is 2.67. The summed E-state index contributed by atoms with van der Waals surface area (Å²) < 4.78 is 1.80. The number of nitrogens with zero attached hydrogens (tertiary/aromatic N) is 2. The van der Waals surface area contributed by atoms with Gasteiger partial charge in [0.15, 0.2) is 0 Å². The van der Waals surface area contributed by atoms with Crippen molar-refractivity contribution < 1.29 is 0 Å². The molecule has 0 saturated carbocycles. The predicted molar refractivity (Wildman–Crippen MR) is 80.5 cm³/mol. The monoisotopic (exact) mass is 289 g/mol. The van der Waals surface area contributed by atoms with Gasteiger partial charge in [-0.15, -0.1) is 11.3 Å². The molecule has 2 heterocycles. The third-order valence-electron chi connectivity index (χ3n) is 2.83. The Kier molecular flexibility index (Phi) is 3.27. The van der Waals surface area contributed by atoms with Crippen LogP contribution in [-0.4, -0.2) is 9.78 Å². The molecule has 3 nitrogen and oxygen atoms in total. The van der Waals surface area contributed by atoms with Gasteiger partial charge in [0, 0.05) is 11.1 Å². The predicted octanol–water partition coefficient (Wildman–Crippen LogP) is 3.90. The minimum atomic E-state index is 0.647. The van der Waals surface area contributed by atoms with Crippen LogP contribution in [0, 0.1) is 0 Å². The lowest BCUT2D eigenvalue weighted by atomic mass is 10.2. The van der Waals surface area contributed by atoms with E-state index in [1.54, 1.807) is 16.0 Å². The first kappa shape index (κ1) is 12.3. The number of rotatable bonds is 3. The Morgan fingerprint density at radius 3 is 2.68 bits per heavy atom. The number of halogens is 1. The summed E-state index contributed by atoms with van der Waals surface area (Å²) in [5, 5.41) is 7.30. The number of nitrogens with two attached hydrogens (primary N) is 1. The Labute approximate surface area is 120 Å². The summed E-state index contributed by atoms with van der Waals surface area (Å²) in [6.45, 7) is 0.647. The third-order valence-corrected chi connectivity index (χ3v) is 3.97. The molecule has 0 unspecified atom stereocenters. The van der Waals surface area contributed by atoms with Gasteiger partial charge in [-0.2, -0.15) is 5.10 Å². The topological polar surface area (TPSA) is 43.8 Å². The molecular formula is C14H12ClN3S. The maximum atomic E-state index is 6.00. The highest BCUT2D eigenvalue weighted by atomic mass is 35.5. The number of hydrogen-bond donors (Lipinski definition) is 1. The Hall–Kier alpha value is -1.78. The largest absolute Gasteiger partial charge is 0.384 e. The zero-order valence-electron chi connectivity index (χ0n) is 10.1. The van der Waals surface area contributed by atoms with E-state index in [1.807, 2.05) is 47.8 Å². The van der Waals surface area contributed by atoms with Crippen molar-refractivity contribution >= 4 is 28.8 Å². The lowest BCUT2D eigenvalue weighted by Gasteiger charge is -2.04. The van der Waals surface area contributed by atoms with Gasteiger partial charge in [0.25, 0.3) is 0 Å². The summed E-state index contributed by atoms with van der Waals surface area (Å²) in [6, 6.07) is 13.7. The second kappa shape index (κ2) is 5.07. The maximum absolute atomic E-state index is 6.00. The van der Waals surface area contributed by atoms with E-state index in [9.17, 15) is 0 Å². The average molecular weight is 290 g/mol. The second-order valence-electron chi connectivity index (χ2n) is 4.22. The molecule has 0 saturated heterocycles. The van der Waals surface area contributed by atoms with Gasteiger partial charge in [-0.25, -0.2) is 4.68 Å². The highest BCUT2D eigenvalue weighted by Gasteiger charge is 2.08. The fourth-order valence-electron chi connectivity index (χ4n) is 1.87. The molecule has 3 rings (SSSR count). The van der Waals surface area contributed by atoms with Crippen LogP contribution in [0.4, 0.5) is 5.82 Å². The first-order chi connectivity index (χ1) is 9.22. The molecule has 1 aromatic carbocycles. The Morgan fingerprint density at radius 1 is 1.21 bits per heavy atom. The molecule has 19 heavy (non-hydrogen) atoms. The van der Waals surface area contributed by atoms with Crippen LogP contribution < -0.4 is 5.73 Å². The standard InChI is InChI=1S/C14H12ClN3S/c15-11-5-3-10(4-6-11)9-18-14(16)8-12(17-18)13-2-1-7-19-13/h1-8H,9,16H2. The van der Waals surface area contributed by atoms with Crippen molar-refractivity contribution in [1.29, 1.82) is 0 Å². The van der Waals surface area contributed by atoms with E-state index in [4.69, 9.17) is 17.3 Å². The highest BCUT2D eigenvalue weighted by molar-refractivity contribution is 7.13. The minimum absolute atomic E-state index is 0.647. The van der Waals surface area contributed by atoms with Crippen molar-refractivity contribution in [3.8, 4) is 10.6 Å². The van der Waals surface area contributed by atoms with Gasteiger partial charge in [-0.05, 0) is 29.1 Å². The van der Waals surface area contributed by atoms with Crippen molar-refractivity contribution in [3.05, 3.63) is 58.4 Å². The first-order valence-corrected chi connectivity index (χ1v) is 7.10. The number of benzene rings is 1. The minimum Gasteiger partial charge on any atom is -0.384 e. The molecule has 0 fully saturated rings. The molecule has 96 valence electrons. The van der Waals surface area contributed by atoms with Crippen molar-refractivity contribution in [2.75, 3.05) is 5.73 Å². The van der Waals surface area contributed by atoms with Crippen molar-refractivity contribution in [1.82, 2.24) is 9.78 Å². The number of anilines is 1. The molecule has 3 aromatic rings. The van der Waals surface area contributed by atoms with Crippen LogP contribution in [0.2, 0.25) is 5.02 Å². The molecule has 2 aromatic heterocycles. The quantitative estimate of drug-likeness (QED) is 0.795. The van der Waals surface area contributed by atoms with E-state index in [-0.39, 0.29) is 0 Å². The maximum Gasteiger partial charge on any atom is 0.122 e. The molecular weight excluding hydrogens is 278 g/mol.